The Morgan fingerprint density at radius 2 is 1.83 bits per heavy atom. The second kappa shape index (κ2) is 13.1. The summed E-state index contributed by atoms with van der Waals surface area (Å²) in [5.74, 6) is -0.764. The van der Waals surface area contributed by atoms with Crippen LogP contribution in [0.4, 0.5) is 0 Å². The minimum atomic E-state index is -0.764. The lowest BCUT2D eigenvalue weighted by molar-refractivity contribution is -0.136. The van der Waals surface area contributed by atoms with Crippen molar-refractivity contribution < 1.29 is 9.90 Å². The van der Waals surface area contributed by atoms with Gasteiger partial charge in [-0.2, -0.15) is 0 Å². The Morgan fingerprint density at radius 3 is 1.92 bits per heavy atom. The van der Waals surface area contributed by atoms with Crippen LogP contribution in [0.25, 0.3) is 0 Å². The molecule has 0 saturated carbocycles. The van der Waals surface area contributed by atoms with E-state index in [-0.39, 0.29) is 6.42 Å². The Kier molecular flexibility index (Phi) is 15.2. The molecule has 2 nitrogen and oxygen atoms in total. The predicted octanol–water partition coefficient (Wildman–Crippen LogP) is 2.99. The fourth-order valence-corrected chi connectivity index (χ4v) is 0.626. The van der Waals surface area contributed by atoms with Gasteiger partial charge in [0, 0.05) is 11.8 Å². The zero-order chi connectivity index (χ0) is 9.82. The highest BCUT2D eigenvalue weighted by Gasteiger charge is 1.89. The molecule has 0 aliphatic carbocycles. The maximum absolute atomic E-state index is 9.71. The lowest BCUT2D eigenvalue weighted by Gasteiger charge is -1.82. The first-order chi connectivity index (χ1) is 5.68. The highest BCUT2D eigenvalue weighted by molar-refractivity contribution is 9.09. The van der Waals surface area contributed by atoms with E-state index in [9.17, 15) is 4.79 Å². The first-order valence-electron chi connectivity index (χ1n) is 3.68. The molecule has 0 aromatic rings. The summed E-state index contributed by atoms with van der Waals surface area (Å²) in [5, 5.41) is 9.04. The molecule has 0 radical (unpaired) electrons. The maximum atomic E-state index is 9.71. The van der Waals surface area contributed by atoms with Gasteiger partial charge < -0.3 is 5.11 Å². The van der Waals surface area contributed by atoms with Crippen LogP contribution in [0, 0.1) is 0 Å². The second-order valence-corrected chi connectivity index (χ2v) is 2.78. The molecule has 0 aliphatic rings. The monoisotopic (exact) mass is 234 g/mol. The Bertz CT molecular complexity index is 132. The number of carboxylic acid groups (broad SMARTS) is 1. The SMILES string of the molecule is C=CCCBr.C=CCCC(=O)O. The molecule has 70 valence electrons. The van der Waals surface area contributed by atoms with E-state index in [1.54, 1.807) is 6.08 Å². The molecule has 0 saturated heterocycles. The number of hydrogen-bond donors (Lipinski definition) is 1. The highest BCUT2D eigenvalue weighted by atomic mass is 79.9. The summed E-state index contributed by atoms with van der Waals surface area (Å²) in [6.07, 6.45) is 5.31. The predicted molar refractivity (Wildman–Crippen MR) is 55.7 cm³/mol. The Balaban J connectivity index is 0. The number of halogens is 1. The van der Waals surface area contributed by atoms with E-state index >= 15 is 0 Å². The summed E-state index contributed by atoms with van der Waals surface area (Å²) in [6, 6.07) is 0. The summed E-state index contributed by atoms with van der Waals surface area (Å²) in [7, 11) is 0. The number of carboxylic acids is 1. The zero-order valence-electron chi connectivity index (χ0n) is 7.13. The Labute approximate surface area is 82.1 Å². The summed E-state index contributed by atoms with van der Waals surface area (Å²) in [6.45, 7) is 6.89. The molecule has 0 aromatic heterocycles. The van der Waals surface area contributed by atoms with Crippen LogP contribution in [-0.2, 0) is 4.79 Å². The van der Waals surface area contributed by atoms with Crippen LogP contribution in [0.15, 0.2) is 25.3 Å². The van der Waals surface area contributed by atoms with Crippen molar-refractivity contribution in [2.75, 3.05) is 5.33 Å². The first-order valence-corrected chi connectivity index (χ1v) is 4.80. The second-order valence-electron chi connectivity index (χ2n) is 1.99. The van der Waals surface area contributed by atoms with Gasteiger partial charge in [0.2, 0.25) is 0 Å². The smallest absolute Gasteiger partial charge is 0.303 e. The van der Waals surface area contributed by atoms with Crippen molar-refractivity contribution in [2.24, 2.45) is 0 Å². The van der Waals surface area contributed by atoms with Crippen molar-refractivity contribution in [3.8, 4) is 0 Å². The minimum Gasteiger partial charge on any atom is -0.481 e. The molecule has 3 heteroatoms. The molecule has 0 heterocycles. The number of hydrogen-bond acceptors (Lipinski definition) is 1. The molecular formula is C9H15BrO2. The lowest BCUT2D eigenvalue weighted by atomic mass is 10.3. The number of rotatable bonds is 5. The van der Waals surface area contributed by atoms with Gasteiger partial charge in [-0.3, -0.25) is 4.79 Å². The Morgan fingerprint density at radius 1 is 1.33 bits per heavy atom. The number of aliphatic carboxylic acids is 1. The van der Waals surface area contributed by atoms with Crippen molar-refractivity contribution in [1.82, 2.24) is 0 Å². The zero-order valence-corrected chi connectivity index (χ0v) is 8.72. The van der Waals surface area contributed by atoms with E-state index in [4.69, 9.17) is 5.11 Å². The van der Waals surface area contributed by atoms with Crippen LogP contribution in [0.5, 0.6) is 0 Å². The molecule has 0 fully saturated rings. The van der Waals surface area contributed by atoms with Gasteiger partial charge in [-0.1, -0.05) is 28.1 Å². The first kappa shape index (κ1) is 14.0. The van der Waals surface area contributed by atoms with Gasteiger partial charge in [-0.05, 0) is 12.8 Å². The van der Waals surface area contributed by atoms with Crippen LogP contribution in [0.2, 0.25) is 0 Å². The third-order valence-electron chi connectivity index (χ3n) is 0.876. The van der Waals surface area contributed by atoms with Gasteiger partial charge in [0.25, 0.3) is 0 Å². The largest absolute Gasteiger partial charge is 0.481 e. The van der Waals surface area contributed by atoms with Crippen LogP contribution < -0.4 is 0 Å². The molecule has 0 bridgehead atoms. The third-order valence-corrected chi connectivity index (χ3v) is 1.33. The van der Waals surface area contributed by atoms with Crippen molar-refractivity contribution >= 4 is 21.9 Å². The fourth-order valence-electron chi connectivity index (χ4n) is 0.303. The van der Waals surface area contributed by atoms with E-state index in [0.29, 0.717) is 6.42 Å². The van der Waals surface area contributed by atoms with E-state index in [1.165, 1.54) is 0 Å². The lowest BCUT2D eigenvalue weighted by Crippen LogP contribution is -1.90. The van der Waals surface area contributed by atoms with Gasteiger partial charge >= 0.3 is 5.97 Å². The van der Waals surface area contributed by atoms with Crippen molar-refractivity contribution in [3.63, 3.8) is 0 Å². The van der Waals surface area contributed by atoms with Crippen LogP contribution in [0.3, 0.4) is 0 Å². The molecule has 12 heavy (non-hydrogen) atoms. The molecule has 0 spiro atoms. The molecule has 0 aliphatic heterocycles. The minimum absolute atomic E-state index is 0.198. The Hall–Kier alpha value is -0.570. The molecule has 0 rings (SSSR count). The van der Waals surface area contributed by atoms with Crippen LogP contribution >= 0.6 is 15.9 Å². The standard InChI is InChI=1S/C5H8O2.C4H7Br/c1-2-3-4-5(6)7;1-2-3-4-5/h2H,1,3-4H2,(H,6,7);2H,1,3-4H2. The van der Waals surface area contributed by atoms with Crippen molar-refractivity contribution in [3.05, 3.63) is 25.3 Å². The van der Waals surface area contributed by atoms with Crippen molar-refractivity contribution in [1.29, 1.82) is 0 Å². The van der Waals surface area contributed by atoms with E-state index in [0.717, 1.165) is 11.8 Å². The maximum Gasteiger partial charge on any atom is 0.303 e. The van der Waals surface area contributed by atoms with Crippen LogP contribution in [-0.4, -0.2) is 16.4 Å². The molecule has 1 N–H and O–H groups in total. The van der Waals surface area contributed by atoms with Gasteiger partial charge in [0.05, 0.1) is 0 Å². The summed E-state index contributed by atoms with van der Waals surface area (Å²) in [5.41, 5.74) is 0. The topological polar surface area (TPSA) is 37.3 Å². The van der Waals surface area contributed by atoms with Gasteiger partial charge in [-0.15, -0.1) is 13.2 Å². The van der Waals surface area contributed by atoms with E-state index in [1.807, 2.05) is 6.08 Å². The molecular weight excluding hydrogens is 220 g/mol. The quantitative estimate of drug-likeness (QED) is 0.587. The average Bonchev–Trinajstić information content (AvgIpc) is 2.03. The van der Waals surface area contributed by atoms with Gasteiger partial charge in [-0.25, -0.2) is 0 Å². The molecule has 0 aromatic carbocycles. The van der Waals surface area contributed by atoms with E-state index in [2.05, 4.69) is 29.1 Å². The molecule has 0 unspecified atom stereocenters. The third kappa shape index (κ3) is 22.7. The molecule has 0 amide bonds. The summed E-state index contributed by atoms with van der Waals surface area (Å²) in [4.78, 5) is 9.71. The molecule has 0 atom stereocenters. The van der Waals surface area contributed by atoms with Gasteiger partial charge in [0.15, 0.2) is 0 Å². The van der Waals surface area contributed by atoms with Crippen molar-refractivity contribution in [2.45, 2.75) is 19.3 Å². The highest BCUT2D eigenvalue weighted by Crippen LogP contribution is 1.86. The van der Waals surface area contributed by atoms with E-state index < -0.39 is 5.97 Å². The number of alkyl halides is 1. The number of allylic oxidation sites excluding steroid dienone is 2. The number of carbonyl (C=O) groups is 1. The summed E-state index contributed by atoms with van der Waals surface area (Å²) < 4.78 is 0. The average molecular weight is 235 g/mol. The fraction of sp³-hybridized carbons (Fsp3) is 0.444. The normalized spacial score (nSPS) is 7.75. The van der Waals surface area contributed by atoms with Gasteiger partial charge in [0.1, 0.15) is 0 Å². The summed E-state index contributed by atoms with van der Waals surface area (Å²) >= 11 is 3.24. The van der Waals surface area contributed by atoms with Crippen LogP contribution in [0.1, 0.15) is 19.3 Å².